The molecule has 1 aliphatic rings. The Kier molecular flexibility index (Phi) is 4.40. The average molecular weight is 251 g/mol. The van der Waals surface area contributed by atoms with Gasteiger partial charge >= 0.3 is 0 Å². The van der Waals surface area contributed by atoms with Crippen molar-refractivity contribution in [1.29, 1.82) is 0 Å². The summed E-state index contributed by atoms with van der Waals surface area (Å²) in [7, 11) is 1.98. The molecule has 18 heavy (non-hydrogen) atoms. The SMILES string of the molecule is CCc1cc(COC2(CN)CCCCC2)n(C)n1. The zero-order chi connectivity index (χ0) is 13.0. The molecular formula is C14H25N3O. The number of nitrogens with zero attached hydrogens (tertiary/aromatic N) is 2. The molecule has 4 heteroatoms. The fraction of sp³-hybridized carbons (Fsp3) is 0.786. The van der Waals surface area contributed by atoms with Gasteiger partial charge in [-0.3, -0.25) is 4.68 Å². The Morgan fingerprint density at radius 3 is 2.67 bits per heavy atom. The second-order valence-electron chi connectivity index (χ2n) is 5.34. The van der Waals surface area contributed by atoms with Crippen molar-refractivity contribution >= 4 is 0 Å². The highest BCUT2D eigenvalue weighted by molar-refractivity contribution is 5.09. The van der Waals surface area contributed by atoms with Crippen LogP contribution in [0.4, 0.5) is 0 Å². The van der Waals surface area contributed by atoms with E-state index >= 15 is 0 Å². The first-order valence-corrected chi connectivity index (χ1v) is 7.05. The van der Waals surface area contributed by atoms with Crippen LogP contribution in [0, 0.1) is 0 Å². The summed E-state index contributed by atoms with van der Waals surface area (Å²) in [5, 5.41) is 4.45. The van der Waals surface area contributed by atoms with E-state index in [1.807, 2.05) is 11.7 Å². The minimum atomic E-state index is -0.0884. The zero-order valence-electron chi connectivity index (χ0n) is 11.6. The number of aryl methyl sites for hydroxylation is 2. The van der Waals surface area contributed by atoms with Crippen LogP contribution in [0.1, 0.15) is 50.4 Å². The van der Waals surface area contributed by atoms with Gasteiger partial charge in [0.15, 0.2) is 0 Å². The summed E-state index contributed by atoms with van der Waals surface area (Å²) in [4.78, 5) is 0. The van der Waals surface area contributed by atoms with Crippen LogP contribution in [0.25, 0.3) is 0 Å². The monoisotopic (exact) mass is 251 g/mol. The molecule has 2 rings (SSSR count). The molecule has 0 unspecified atom stereocenters. The van der Waals surface area contributed by atoms with Crippen molar-refractivity contribution in [3.8, 4) is 0 Å². The van der Waals surface area contributed by atoms with Gasteiger partial charge < -0.3 is 10.5 Å². The molecule has 0 amide bonds. The van der Waals surface area contributed by atoms with E-state index in [2.05, 4.69) is 18.1 Å². The van der Waals surface area contributed by atoms with E-state index < -0.39 is 0 Å². The van der Waals surface area contributed by atoms with Gasteiger partial charge in [0.2, 0.25) is 0 Å². The van der Waals surface area contributed by atoms with Gasteiger partial charge in [0.25, 0.3) is 0 Å². The third-order valence-electron chi connectivity index (χ3n) is 4.05. The Morgan fingerprint density at radius 1 is 1.39 bits per heavy atom. The number of rotatable bonds is 5. The molecule has 0 bridgehead atoms. The van der Waals surface area contributed by atoms with Crippen LogP contribution in [0.15, 0.2) is 6.07 Å². The first-order valence-electron chi connectivity index (χ1n) is 7.05. The second kappa shape index (κ2) is 5.85. The maximum absolute atomic E-state index is 6.16. The average Bonchev–Trinajstić information content (AvgIpc) is 2.78. The van der Waals surface area contributed by atoms with Crippen LogP contribution in [-0.4, -0.2) is 21.9 Å². The van der Waals surface area contributed by atoms with E-state index in [4.69, 9.17) is 10.5 Å². The van der Waals surface area contributed by atoms with Gasteiger partial charge in [0, 0.05) is 13.6 Å². The summed E-state index contributed by atoms with van der Waals surface area (Å²) in [6.45, 7) is 3.38. The molecule has 4 nitrogen and oxygen atoms in total. The number of hydrogen-bond acceptors (Lipinski definition) is 3. The van der Waals surface area contributed by atoms with Gasteiger partial charge in [0.1, 0.15) is 0 Å². The predicted octanol–water partition coefficient (Wildman–Crippen LogP) is 2.16. The van der Waals surface area contributed by atoms with Gasteiger partial charge in [-0.15, -0.1) is 0 Å². The number of aromatic nitrogens is 2. The molecule has 0 aliphatic heterocycles. The second-order valence-corrected chi connectivity index (χ2v) is 5.34. The Bertz CT molecular complexity index is 380. The fourth-order valence-electron chi connectivity index (χ4n) is 2.71. The van der Waals surface area contributed by atoms with Gasteiger partial charge in [-0.25, -0.2) is 0 Å². The van der Waals surface area contributed by atoms with Crippen LogP contribution in [-0.2, 0) is 24.8 Å². The largest absolute Gasteiger partial charge is 0.367 e. The summed E-state index contributed by atoms with van der Waals surface area (Å²) < 4.78 is 8.08. The van der Waals surface area contributed by atoms with Gasteiger partial charge in [-0.2, -0.15) is 5.10 Å². The Labute approximate surface area is 110 Å². The minimum absolute atomic E-state index is 0.0884. The quantitative estimate of drug-likeness (QED) is 0.872. The topological polar surface area (TPSA) is 53.1 Å². The lowest BCUT2D eigenvalue weighted by atomic mass is 9.85. The van der Waals surface area contributed by atoms with E-state index in [0.29, 0.717) is 13.2 Å². The predicted molar refractivity (Wildman–Crippen MR) is 72.2 cm³/mol. The van der Waals surface area contributed by atoms with Crippen LogP contribution >= 0.6 is 0 Å². The highest BCUT2D eigenvalue weighted by atomic mass is 16.5. The smallest absolute Gasteiger partial charge is 0.0892 e. The maximum Gasteiger partial charge on any atom is 0.0892 e. The van der Waals surface area contributed by atoms with Crippen molar-refractivity contribution in [2.75, 3.05) is 6.54 Å². The number of hydrogen-bond donors (Lipinski definition) is 1. The Hall–Kier alpha value is -0.870. The van der Waals surface area contributed by atoms with E-state index in [9.17, 15) is 0 Å². The van der Waals surface area contributed by atoms with Gasteiger partial charge in [-0.1, -0.05) is 26.2 Å². The number of ether oxygens (including phenoxy) is 1. The molecule has 0 atom stereocenters. The van der Waals surface area contributed by atoms with Crippen molar-refractivity contribution in [3.05, 3.63) is 17.5 Å². The summed E-state index contributed by atoms with van der Waals surface area (Å²) in [6.07, 6.45) is 6.96. The van der Waals surface area contributed by atoms with Crippen molar-refractivity contribution in [2.45, 2.75) is 57.7 Å². The molecule has 1 aromatic heterocycles. The summed E-state index contributed by atoms with van der Waals surface area (Å²) in [6, 6.07) is 2.13. The zero-order valence-corrected chi connectivity index (χ0v) is 11.6. The van der Waals surface area contributed by atoms with E-state index in [1.54, 1.807) is 0 Å². The standard InChI is InChI=1S/C14H25N3O/c1-3-12-9-13(17(2)16-12)10-18-14(11-15)7-5-4-6-8-14/h9H,3-8,10-11,15H2,1-2H3. The van der Waals surface area contributed by atoms with E-state index in [-0.39, 0.29) is 5.60 Å². The van der Waals surface area contributed by atoms with Crippen molar-refractivity contribution in [2.24, 2.45) is 12.8 Å². The summed E-state index contributed by atoms with van der Waals surface area (Å²) >= 11 is 0. The molecule has 1 aliphatic carbocycles. The highest BCUT2D eigenvalue weighted by Gasteiger charge is 2.31. The van der Waals surface area contributed by atoms with Crippen LogP contribution in [0.5, 0.6) is 0 Å². The third-order valence-corrected chi connectivity index (χ3v) is 4.05. The van der Waals surface area contributed by atoms with Crippen molar-refractivity contribution in [1.82, 2.24) is 9.78 Å². The molecule has 0 spiro atoms. The van der Waals surface area contributed by atoms with Gasteiger partial charge in [-0.05, 0) is 25.3 Å². The molecule has 1 fully saturated rings. The van der Waals surface area contributed by atoms with Crippen LogP contribution < -0.4 is 5.73 Å². The molecule has 1 heterocycles. The maximum atomic E-state index is 6.16. The Balaban J connectivity index is 1.98. The molecule has 2 N–H and O–H groups in total. The highest BCUT2D eigenvalue weighted by Crippen LogP contribution is 2.31. The lowest BCUT2D eigenvalue weighted by Gasteiger charge is -2.36. The first kappa shape index (κ1) is 13.6. The molecule has 1 saturated carbocycles. The number of nitrogens with two attached hydrogens (primary N) is 1. The van der Waals surface area contributed by atoms with Crippen molar-refractivity contribution < 1.29 is 4.74 Å². The molecule has 102 valence electrons. The molecule has 0 saturated heterocycles. The molecule has 0 radical (unpaired) electrons. The summed E-state index contributed by atoms with van der Waals surface area (Å²) in [5.41, 5.74) is 8.11. The minimum Gasteiger partial charge on any atom is -0.367 e. The first-order chi connectivity index (χ1) is 8.69. The molecular weight excluding hydrogens is 226 g/mol. The van der Waals surface area contributed by atoms with Crippen LogP contribution in [0.3, 0.4) is 0 Å². The lowest BCUT2D eigenvalue weighted by Crippen LogP contribution is -2.42. The fourth-order valence-corrected chi connectivity index (χ4v) is 2.71. The molecule has 1 aromatic rings. The van der Waals surface area contributed by atoms with E-state index in [1.165, 1.54) is 19.3 Å². The summed E-state index contributed by atoms with van der Waals surface area (Å²) in [5.74, 6) is 0. The van der Waals surface area contributed by atoms with Crippen LogP contribution in [0.2, 0.25) is 0 Å². The third kappa shape index (κ3) is 2.93. The van der Waals surface area contributed by atoms with Crippen molar-refractivity contribution in [3.63, 3.8) is 0 Å². The lowest BCUT2D eigenvalue weighted by molar-refractivity contribution is -0.0753. The van der Waals surface area contributed by atoms with E-state index in [0.717, 1.165) is 30.7 Å². The molecule has 0 aromatic carbocycles. The normalized spacial score (nSPS) is 19.1. The Morgan fingerprint density at radius 2 is 2.11 bits per heavy atom. The van der Waals surface area contributed by atoms with Gasteiger partial charge in [0.05, 0.1) is 23.6 Å².